The zero-order valence-corrected chi connectivity index (χ0v) is 10.7. The molecule has 0 fully saturated rings. The van der Waals surface area contributed by atoms with Gasteiger partial charge in [-0.1, -0.05) is 24.3 Å². The van der Waals surface area contributed by atoms with Crippen LogP contribution in [0.4, 0.5) is 14.5 Å². The number of anilines is 1. The summed E-state index contributed by atoms with van der Waals surface area (Å²) in [5, 5.41) is 2.65. The molecule has 0 atom stereocenters. The van der Waals surface area contributed by atoms with Crippen molar-refractivity contribution in [3.63, 3.8) is 0 Å². The van der Waals surface area contributed by atoms with E-state index >= 15 is 0 Å². The second-order valence-electron chi connectivity index (χ2n) is 4.39. The first-order chi connectivity index (χ1) is 9.56. The molecule has 0 aliphatic rings. The van der Waals surface area contributed by atoms with Crippen molar-refractivity contribution in [1.82, 2.24) is 5.32 Å². The Bertz CT molecular complexity index is 629. The van der Waals surface area contributed by atoms with Crippen molar-refractivity contribution in [3.05, 3.63) is 65.2 Å². The lowest BCUT2D eigenvalue weighted by Crippen LogP contribution is -2.25. The molecule has 5 heteroatoms. The van der Waals surface area contributed by atoms with Gasteiger partial charge in [0.2, 0.25) is 5.91 Å². The lowest BCUT2D eigenvalue weighted by molar-refractivity contribution is -0.120. The Hall–Kier alpha value is -2.43. The van der Waals surface area contributed by atoms with Crippen LogP contribution in [0, 0.1) is 11.6 Å². The summed E-state index contributed by atoms with van der Waals surface area (Å²) in [4.78, 5) is 11.7. The summed E-state index contributed by atoms with van der Waals surface area (Å²) in [6.07, 6.45) is -0.140. The van der Waals surface area contributed by atoms with Gasteiger partial charge in [0.1, 0.15) is 11.6 Å². The van der Waals surface area contributed by atoms with Gasteiger partial charge in [-0.2, -0.15) is 0 Å². The monoisotopic (exact) mass is 276 g/mol. The van der Waals surface area contributed by atoms with E-state index in [1.807, 2.05) is 6.07 Å². The highest BCUT2D eigenvalue weighted by molar-refractivity contribution is 5.78. The van der Waals surface area contributed by atoms with E-state index in [1.54, 1.807) is 18.2 Å². The van der Waals surface area contributed by atoms with Gasteiger partial charge in [-0.25, -0.2) is 8.78 Å². The first-order valence-electron chi connectivity index (χ1n) is 6.10. The largest absolute Gasteiger partial charge is 0.398 e. The van der Waals surface area contributed by atoms with Crippen LogP contribution in [0.1, 0.15) is 11.1 Å². The summed E-state index contributed by atoms with van der Waals surface area (Å²) in [5.74, 6) is -1.73. The Morgan fingerprint density at radius 2 is 1.85 bits per heavy atom. The van der Waals surface area contributed by atoms with Crippen LogP contribution in [0.5, 0.6) is 0 Å². The van der Waals surface area contributed by atoms with Crippen molar-refractivity contribution >= 4 is 11.6 Å². The van der Waals surface area contributed by atoms with E-state index in [0.717, 1.165) is 17.7 Å². The average Bonchev–Trinajstić information content (AvgIpc) is 2.41. The summed E-state index contributed by atoms with van der Waals surface area (Å²) >= 11 is 0. The Balaban J connectivity index is 1.94. The van der Waals surface area contributed by atoms with Gasteiger partial charge >= 0.3 is 0 Å². The number of para-hydroxylation sites is 1. The van der Waals surface area contributed by atoms with Crippen molar-refractivity contribution in [2.75, 3.05) is 5.73 Å². The fraction of sp³-hybridized carbons (Fsp3) is 0.133. The van der Waals surface area contributed by atoms with E-state index in [0.29, 0.717) is 5.69 Å². The van der Waals surface area contributed by atoms with Crippen LogP contribution in [-0.2, 0) is 17.8 Å². The van der Waals surface area contributed by atoms with Crippen molar-refractivity contribution in [2.45, 2.75) is 13.0 Å². The number of rotatable bonds is 4. The molecular weight excluding hydrogens is 262 g/mol. The van der Waals surface area contributed by atoms with Crippen LogP contribution in [0.2, 0.25) is 0 Å². The third kappa shape index (κ3) is 3.54. The van der Waals surface area contributed by atoms with E-state index in [-0.39, 0.29) is 24.4 Å². The Morgan fingerprint density at radius 1 is 1.10 bits per heavy atom. The molecule has 0 spiro atoms. The maximum Gasteiger partial charge on any atom is 0.224 e. The molecule has 0 aliphatic carbocycles. The highest BCUT2D eigenvalue weighted by Crippen LogP contribution is 2.11. The van der Waals surface area contributed by atoms with Gasteiger partial charge < -0.3 is 11.1 Å². The number of hydrogen-bond donors (Lipinski definition) is 2. The normalized spacial score (nSPS) is 10.3. The summed E-state index contributed by atoms with van der Waals surface area (Å²) in [6, 6.07) is 10.3. The SMILES string of the molecule is Nc1ccccc1CNC(=O)Cc1ccc(F)cc1F. The van der Waals surface area contributed by atoms with E-state index in [9.17, 15) is 13.6 Å². The molecule has 0 aliphatic heterocycles. The highest BCUT2D eigenvalue weighted by Gasteiger charge is 2.09. The number of carbonyl (C=O) groups excluding carboxylic acids is 1. The molecule has 1 amide bonds. The van der Waals surface area contributed by atoms with Gasteiger partial charge in [0.25, 0.3) is 0 Å². The summed E-state index contributed by atoms with van der Waals surface area (Å²) in [7, 11) is 0. The number of hydrogen-bond acceptors (Lipinski definition) is 2. The molecule has 0 radical (unpaired) electrons. The molecule has 0 saturated carbocycles. The molecule has 2 aromatic rings. The maximum absolute atomic E-state index is 13.4. The van der Waals surface area contributed by atoms with Gasteiger partial charge in [0.05, 0.1) is 6.42 Å². The van der Waals surface area contributed by atoms with Crippen LogP contribution >= 0.6 is 0 Å². The number of benzene rings is 2. The number of carbonyl (C=O) groups is 1. The second kappa shape index (κ2) is 6.14. The van der Waals surface area contributed by atoms with Crippen LogP contribution in [0.25, 0.3) is 0 Å². The van der Waals surface area contributed by atoms with Gasteiger partial charge in [0, 0.05) is 18.3 Å². The third-order valence-corrected chi connectivity index (χ3v) is 2.90. The summed E-state index contributed by atoms with van der Waals surface area (Å²) < 4.78 is 26.1. The van der Waals surface area contributed by atoms with Crippen LogP contribution in [-0.4, -0.2) is 5.91 Å². The van der Waals surface area contributed by atoms with Gasteiger partial charge in [-0.3, -0.25) is 4.79 Å². The number of halogens is 2. The zero-order valence-electron chi connectivity index (χ0n) is 10.7. The van der Waals surface area contributed by atoms with E-state index in [1.165, 1.54) is 6.07 Å². The second-order valence-corrected chi connectivity index (χ2v) is 4.39. The molecule has 0 heterocycles. The minimum absolute atomic E-state index is 0.140. The fourth-order valence-electron chi connectivity index (χ4n) is 1.79. The topological polar surface area (TPSA) is 55.1 Å². The average molecular weight is 276 g/mol. The summed E-state index contributed by atoms with van der Waals surface area (Å²) in [5.41, 5.74) is 7.28. The molecule has 3 N–H and O–H groups in total. The summed E-state index contributed by atoms with van der Waals surface area (Å²) in [6.45, 7) is 0.272. The Labute approximate surface area is 115 Å². The number of nitrogen functional groups attached to an aromatic ring is 1. The van der Waals surface area contributed by atoms with Crippen molar-refractivity contribution in [1.29, 1.82) is 0 Å². The molecule has 2 aromatic carbocycles. The number of nitrogens with two attached hydrogens (primary N) is 1. The third-order valence-electron chi connectivity index (χ3n) is 2.90. The number of amides is 1. The molecule has 20 heavy (non-hydrogen) atoms. The molecule has 0 unspecified atom stereocenters. The standard InChI is InChI=1S/C15H14F2N2O/c16-12-6-5-10(13(17)8-12)7-15(20)19-9-11-3-1-2-4-14(11)18/h1-6,8H,7,9,18H2,(H,19,20). The van der Waals surface area contributed by atoms with Gasteiger partial charge in [0.15, 0.2) is 0 Å². The van der Waals surface area contributed by atoms with Crippen molar-refractivity contribution in [3.8, 4) is 0 Å². The lowest BCUT2D eigenvalue weighted by atomic mass is 10.1. The molecule has 0 aromatic heterocycles. The fourth-order valence-corrected chi connectivity index (χ4v) is 1.79. The molecular formula is C15H14F2N2O. The van der Waals surface area contributed by atoms with Crippen LogP contribution < -0.4 is 11.1 Å². The quantitative estimate of drug-likeness (QED) is 0.843. The van der Waals surface area contributed by atoms with Crippen molar-refractivity contribution < 1.29 is 13.6 Å². The van der Waals surface area contributed by atoms with Crippen LogP contribution in [0.3, 0.4) is 0 Å². The first kappa shape index (κ1) is 14.0. The predicted octanol–water partition coefficient (Wildman–Crippen LogP) is 2.41. The Kier molecular flexibility index (Phi) is 4.30. The molecule has 3 nitrogen and oxygen atoms in total. The molecule has 2 rings (SSSR count). The number of nitrogens with one attached hydrogen (secondary N) is 1. The predicted molar refractivity (Wildman–Crippen MR) is 72.8 cm³/mol. The molecule has 0 saturated heterocycles. The lowest BCUT2D eigenvalue weighted by Gasteiger charge is -2.08. The maximum atomic E-state index is 13.4. The Morgan fingerprint density at radius 3 is 2.55 bits per heavy atom. The van der Waals surface area contributed by atoms with E-state index in [2.05, 4.69) is 5.32 Å². The smallest absolute Gasteiger partial charge is 0.224 e. The van der Waals surface area contributed by atoms with Gasteiger partial charge in [-0.15, -0.1) is 0 Å². The van der Waals surface area contributed by atoms with E-state index in [4.69, 9.17) is 5.73 Å². The first-order valence-corrected chi connectivity index (χ1v) is 6.10. The highest BCUT2D eigenvalue weighted by atomic mass is 19.1. The van der Waals surface area contributed by atoms with E-state index < -0.39 is 11.6 Å². The minimum atomic E-state index is -0.723. The molecule has 0 bridgehead atoms. The zero-order chi connectivity index (χ0) is 14.5. The van der Waals surface area contributed by atoms with Gasteiger partial charge in [-0.05, 0) is 23.3 Å². The van der Waals surface area contributed by atoms with Crippen LogP contribution in [0.15, 0.2) is 42.5 Å². The molecule has 104 valence electrons. The minimum Gasteiger partial charge on any atom is -0.398 e. The van der Waals surface area contributed by atoms with Crippen molar-refractivity contribution in [2.24, 2.45) is 0 Å².